The van der Waals surface area contributed by atoms with Gasteiger partial charge in [0.15, 0.2) is 0 Å². The lowest BCUT2D eigenvalue weighted by atomic mass is 10.2. The standard InChI is InChI=1S/C16H17F4N5/c1-24(15-22-4-2-14(23-15)16(18,19)20)13-3-5-25(10-13)9-11-6-12(17)8-21-7-11/h2,4,6-8,13H,3,5,9-10H2,1H3. The summed E-state index contributed by atoms with van der Waals surface area (Å²) in [5.74, 6) is -0.336. The van der Waals surface area contributed by atoms with Crippen LogP contribution in [-0.2, 0) is 12.7 Å². The van der Waals surface area contributed by atoms with Crippen LogP contribution in [0.5, 0.6) is 0 Å². The van der Waals surface area contributed by atoms with E-state index in [1.807, 2.05) is 0 Å². The van der Waals surface area contributed by atoms with Crippen molar-refractivity contribution < 1.29 is 17.6 Å². The minimum absolute atomic E-state index is 0.00926. The van der Waals surface area contributed by atoms with E-state index >= 15 is 0 Å². The third kappa shape index (κ3) is 4.22. The van der Waals surface area contributed by atoms with Crippen LogP contribution in [-0.4, -0.2) is 46.0 Å². The van der Waals surface area contributed by atoms with Gasteiger partial charge < -0.3 is 4.90 Å². The Labute approximate surface area is 142 Å². The molecule has 25 heavy (non-hydrogen) atoms. The number of nitrogens with zero attached hydrogens (tertiary/aromatic N) is 5. The highest BCUT2D eigenvalue weighted by Crippen LogP contribution is 2.29. The van der Waals surface area contributed by atoms with Crippen LogP contribution in [0.25, 0.3) is 0 Å². The minimum atomic E-state index is -4.50. The van der Waals surface area contributed by atoms with Crippen molar-refractivity contribution in [2.45, 2.75) is 25.2 Å². The van der Waals surface area contributed by atoms with Crippen LogP contribution in [0.2, 0.25) is 0 Å². The van der Waals surface area contributed by atoms with Crippen molar-refractivity contribution in [1.82, 2.24) is 19.9 Å². The second-order valence-electron chi connectivity index (χ2n) is 6.04. The van der Waals surface area contributed by atoms with Gasteiger partial charge in [-0.2, -0.15) is 13.2 Å². The van der Waals surface area contributed by atoms with E-state index < -0.39 is 11.9 Å². The molecule has 1 fully saturated rings. The van der Waals surface area contributed by atoms with E-state index in [1.54, 1.807) is 18.1 Å². The molecule has 0 aromatic carbocycles. The van der Waals surface area contributed by atoms with Crippen molar-refractivity contribution in [3.8, 4) is 0 Å². The first kappa shape index (κ1) is 17.5. The Balaban J connectivity index is 1.65. The van der Waals surface area contributed by atoms with Gasteiger partial charge in [0.25, 0.3) is 0 Å². The van der Waals surface area contributed by atoms with E-state index in [0.29, 0.717) is 13.1 Å². The monoisotopic (exact) mass is 355 g/mol. The van der Waals surface area contributed by atoms with Gasteiger partial charge >= 0.3 is 6.18 Å². The number of hydrogen-bond acceptors (Lipinski definition) is 5. The van der Waals surface area contributed by atoms with E-state index in [-0.39, 0.29) is 17.8 Å². The van der Waals surface area contributed by atoms with Crippen molar-refractivity contribution in [2.24, 2.45) is 0 Å². The molecule has 5 nitrogen and oxygen atoms in total. The fourth-order valence-electron chi connectivity index (χ4n) is 2.91. The fourth-order valence-corrected chi connectivity index (χ4v) is 2.91. The summed E-state index contributed by atoms with van der Waals surface area (Å²) >= 11 is 0. The largest absolute Gasteiger partial charge is 0.433 e. The summed E-state index contributed by atoms with van der Waals surface area (Å²) < 4.78 is 51.6. The first-order valence-electron chi connectivity index (χ1n) is 7.78. The zero-order valence-corrected chi connectivity index (χ0v) is 13.5. The van der Waals surface area contributed by atoms with Crippen molar-refractivity contribution in [3.63, 3.8) is 0 Å². The van der Waals surface area contributed by atoms with Gasteiger partial charge in [0, 0.05) is 45.1 Å². The van der Waals surface area contributed by atoms with Crippen LogP contribution in [0.3, 0.4) is 0 Å². The number of alkyl halides is 3. The Kier molecular flexibility index (Phi) is 4.85. The molecule has 0 saturated carbocycles. The van der Waals surface area contributed by atoms with E-state index in [0.717, 1.165) is 37.0 Å². The highest BCUT2D eigenvalue weighted by atomic mass is 19.4. The van der Waals surface area contributed by atoms with Gasteiger partial charge in [-0.3, -0.25) is 9.88 Å². The van der Waals surface area contributed by atoms with E-state index in [1.165, 1.54) is 6.07 Å². The molecule has 0 aliphatic carbocycles. The van der Waals surface area contributed by atoms with E-state index in [9.17, 15) is 17.6 Å². The van der Waals surface area contributed by atoms with Crippen molar-refractivity contribution in [1.29, 1.82) is 0 Å². The second kappa shape index (κ2) is 6.91. The average Bonchev–Trinajstić information content (AvgIpc) is 3.02. The van der Waals surface area contributed by atoms with Crippen LogP contribution in [0.15, 0.2) is 30.7 Å². The van der Waals surface area contributed by atoms with Crippen LogP contribution in [0.4, 0.5) is 23.5 Å². The van der Waals surface area contributed by atoms with Gasteiger partial charge in [0.05, 0.1) is 6.20 Å². The van der Waals surface area contributed by atoms with Gasteiger partial charge in [-0.15, -0.1) is 0 Å². The first-order valence-corrected chi connectivity index (χ1v) is 7.78. The lowest BCUT2D eigenvalue weighted by molar-refractivity contribution is -0.141. The molecule has 0 amide bonds. The molecule has 1 atom stereocenters. The van der Waals surface area contributed by atoms with Gasteiger partial charge in [-0.1, -0.05) is 0 Å². The van der Waals surface area contributed by atoms with Gasteiger partial charge in [0.1, 0.15) is 11.5 Å². The molecule has 3 rings (SSSR count). The molecule has 0 bridgehead atoms. The van der Waals surface area contributed by atoms with Crippen LogP contribution in [0, 0.1) is 5.82 Å². The Hall–Kier alpha value is -2.29. The number of likely N-dealkylation sites (N-methyl/N-ethyl adjacent to an activating group) is 1. The summed E-state index contributed by atoms with van der Waals surface area (Å²) in [5, 5.41) is 0. The Morgan fingerprint density at radius 2 is 2.12 bits per heavy atom. The van der Waals surface area contributed by atoms with E-state index in [4.69, 9.17) is 0 Å². The van der Waals surface area contributed by atoms with E-state index in [2.05, 4.69) is 19.9 Å². The molecule has 1 unspecified atom stereocenters. The van der Waals surface area contributed by atoms with Gasteiger partial charge in [-0.05, 0) is 24.1 Å². The highest BCUT2D eigenvalue weighted by Gasteiger charge is 2.34. The third-order valence-electron chi connectivity index (χ3n) is 4.21. The molecule has 9 heteroatoms. The second-order valence-corrected chi connectivity index (χ2v) is 6.04. The smallest absolute Gasteiger partial charge is 0.340 e. The summed E-state index contributed by atoms with van der Waals surface area (Å²) in [6, 6.07) is 2.28. The molecule has 2 aromatic rings. The minimum Gasteiger partial charge on any atom is -0.340 e. The van der Waals surface area contributed by atoms with Crippen molar-refractivity contribution in [2.75, 3.05) is 25.0 Å². The fraction of sp³-hybridized carbons (Fsp3) is 0.438. The van der Waals surface area contributed by atoms with Crippen molar-refractivity contribution >= 4 is 5.95 Å². The molecule has 0 N–H and O–H groups in total. The number of anilines is 1. The molecule has 3 heterocycles. The number of likely N-dealkylation sites (tertiary alicyclic amines) is 1. The SMILES string of the molecule is CN(c1nccc(C(F)(F)F)n1)C1CCN(Cc2cncc(F)c2)C1. The molecule has 134 valence electrons. The summed E-state index contributed by atoms with van der Waals surface area (Å²) in [6.45, 7) is 1.93. The maximum Gasteiger partial charge on any atom is 0.433 e. The number of rotatable bonds is 4. The average molecular weight is 355 g/mol. The lowest BCUT2D eigenvalue weighted by Crippen LogP contribution is -2.35. The third-order valence-corrected chi connectivity index (χ3v) is 4.21. The predicted octanol–water partition coefficient (Wildman–Crippen LogP) is 2.74. The summed E-state index contributed by atoms with van der Waals surface area (Å²) in [5.41, 5.74) is -0.191. The summed E-state index contributed by atoms with van der Waals surface area (Å²) in [7, 11) is 1.69. The molecule has 1 aliphatic rings. The number of hydrogen-bond donors (Lipinski definition) is 0. The number of pyridine rings is 1. The van der Waals surface area contributed by atoms with Crippen molar-refractivity contribution in [3.05, 3.63) is 47.8 Å². The lowest BCUT2D eigenvalue weighted by Gasteiger charge is -2.25. The number of halogens is 4. The highest BCUT2D eigenvalue weighted by molar-refractivity contribution is 5.32. The molecule has 2 aromatic heterocycles. The molecular formula is C16H17F4N5. The quantitative estimate of drug-likeness (QED) is 0.789. The molecule has 0 radical (unpaired) electrons. The molecule has 0 spiro atoms. The van der Waals surface area contributed by atoms with Crippen LogP contribution < -0.4 is 4.90 Å². The maximum atomic E-state index is 13.2. The zero-order chi connectivity index (χ0) is 18.0. The zero-order valence-electron chi connectivity index (χ0n) is 13.5. The maximum absolute atomic E-state index is 13.2. The molecular weight excluding hydrogens is 338 g/mol. The Morgan fingerprint density at radius 1 is 1.32 bits per heavy atom. The topological polar surface area (TPSA) is 45.2 Å². The van der Waals surface area contributed by atoms with Crippen LogP contribution in [0.1, 0.15) is 17.7 Å². The molecule has 1 aliphatic heterocycles. The van der Waals surface area contributed by atoms with Gasteiger partial charge in [-0.25, -0.2) is 14.4 Å². The number of aromatic nitrogens is 3. The Bertz CT molecular complexity index is 736. The van der Waals surface area contributed by atoms with Gasteiger partial charge in [0.2, 0.25) is 5.95 Å². The van der Waals surface area contributed by atoms with Crippen LogP contribution >= 0.6 is 0 Å². The predicted molar refractivity (Wildman–Crippen MR) is 83.3 cm³/mol. The first-order chi connectivity index (χ1) is 11.8. The Morgan fingerprint density at radius 3 is 2.84 bits per heavy atom. The normalized spacial score (nSPS) is 18.5. The molecule has 1 saturated heterocycles. The summed E-state index contributed by atoms with van der Waals surface area (Å²) in [4.78, 5) is 15.2. The summed E-state index contributed by atoms with van der Waals surface area (Å²) in [6.07, 6.45) is 0.140.